The van der Waals surface area contributed by atoms with E-state index in [1.165, 1.54) is 7.11 Å². The van der Waals surface area contributed by atoms with Gasteiger partial charge in [-0.1, -0.05) is 11.6 Å². The summed E-state index contributed by atoms with van der Waals surface area (Å²) in [7, 11) is 1.30. The molecule has 0 radical (unpaired) electrons. The Bertz CT molecular complexity index is 395. The molecule has 1 aromatic rings. The Morgan fingerprint density at radius 1 is 1.59 bits per heavy atom. The lowest BCUT2D eigenvalue weighted by atomic mass is 10.2. The molecule has 1 aromatic carbocycles. The summed E-state index contributed by atoms with van der Waals surface area (Å²) in [5.41, 5.74) is 1.88. The van der Waals surface area contributed by atoms with E-state index >= 15 is 0 Å². The van der Waals surface area contributed by atoms with E-state index in [1.54, 1.807) is 6.07 Å². The SMILES string of the molecule is COC(=O)CC(O)CNc1ccc(Cl)cc1C. The maximum atomic E-state index is 10.9. The molecule has 17 heavy (non-hydrogen) atoms. The quantitative estimate of drug-likeness (QED) is 0.792. The highest BCUT2D eigenvalue weighted by molar-refractivity contribution is 6.30. The number of carbonyl (C=O) groups is 1. The zero-order valence-corrected chi connectivity index (χ0v) is 10.6. The van der Waals surface area contributed by atoms with Gasteiger partial charge in [0, 0.05) is 17.3 Å². The van der Waals surface area contributed by atoms with Gasteiger partial charge < -0.3 is 15.2 Å². The number of hydrogen-bond acceptors (Lipinski definition) is 4. The van der Waals surface area contributed by atoms with Crippen molar-refractivity contribution in [3.63, 3.8) is 0 Å². The summed E-state index contributed by atoms with van der Waals surface area (Å²) in [5, 5.41) is 13.3. The number of aliphatic hydroxyl groups is 1. The van der Waals surface area contributed by atoms with Crippen LogP contribution in [0.15, 0.2) is 18.2 Å². The highest BCUT2D eigenvalue weighted by Gasteiger charge is 2.11. The number of methoxy groups -OCH3 is 1. The lowest BCUT2D eigenvalue weighted by Gasteiger charge is -2.13. The van der Waals surface area contributed by atoms with Crippen LogP contribution in [0.4, 0.5) is 5.69 Å². The summed E-state index contributed by atoms with van der Waals surface area (Å²) in [6.07, 6.45) is -0.784. The third-order valence-corrected chi connectivity index (χ3v) is 2.58. The van der Waals surface area contributed by atoms with Crippen LogP contribution in [0.2, 0.25) is 5.02 Å². The predicted octanol–water partition coefficient (Wildman–Crippen LogP) is 1.98. The molecule has 4 nitrogen and oxygen atoms in total. The summed E-state index contributed by atoms with van der Waals surface area (Å²) < 4.78 is 4.47. The fourth-order valence-electron chi connectivity index (χ4n) is 1.40. The molecule has 2 N–H and O–H groups in total. The van der Waals surface area contributed by atoms with E-state index in [0.29, 0.717) is 5.02 Å². The monoisotopic (exact) mass is 257 g/mol. The molecule has 0 saturated carbocycles. The molecule has 5 heteroatoms. The molecule has 0 aliphatic heterocycles. The van der Waals surface area contributed by atoms with E-state index in [2.05, 4.69) is 10.1 Å². The average Bonchev–Trinajstić information content (AvgIpc) is 2.27. The van der Waals surface area contributed by atoms with Gasteiger partial charge in [-0.25, -0.2) is 0 Å². The number of aryl methyl sites for hydroxylation is 1. The van der Waals surface area contributed by atoms with Crippen LogP contribution in [0.1, 0.15) is 12.0 Å². The van der Waals surface area contributed by atoms with Crippen LogP contribution in [-0.2, 0) is 9.53 Å². The van der Waals surface area contributed by atoms with Gasteiger partial charge in [0.05, 0.1) is 19.6 Å². The molecule has 0 spiro atoms. The van der Waals surface area contributed by atoms with Crippen molar-refractivity contribution in [3.05, 3.63) is 28.8 Å². The Hall–Kier alpha value is -1.26. The zero-order valence-electron chi connectivity index (χ0n) is 9.87. The molecule has 1 rings (SSSR count). The molecular formula is C12H16ClNO3. The Morgan fingerprint density at radius 2 is 2.29 bits per heavy atom. The van der Waals surface area contributed by atoms with E-state index in [4.69, 9.17) is 11.6 Å². The van der Waals surface area contributed by atoms with Crippen molar-refractivity contribution in [3.8, 4) is 0 Å². The average molecular weight is 258 g/mol. The van der Waals surface area contributed by atoms with Gasteiger partial charge in [-0.2, -0.15) is 0 Å². The van der Waals surface area contributed by atoms with Gasteiger partial charge in [0.15, 0.2) is 0 Å². The van der Waals surface area contributed by atoms with Crippen molar-refractivity contribution in [2.45, 2.75) is 19.4 Å². The minimum Gasteiger partial charge on any atom is -0.469 e. The number of nitrogens with one attached hydrogen (secondary N) is 1. The first-order chi connectivity index (χ1) is 8.02. The number of anilines is 1. The highest BCUT2D eigenvalue weighted by Crippen LogP contribution is 2.19. The van der Waals surface area contributed by atoms with Crippen molar-refractivity contribution >= 4 is 23.3 Å². The molecule has 0 aliphatic rings. The Labute approximate surface area is 106 Å². The van der Waals surface area contributed by atoms with E-state index in [9.17, 15) is 9.90 Å². The van der Waals surface area contributed by atoms with Gasteiger partial charge >= 0.3 is 5.97 Å². The second-order valence-corrected chi connectivity index (χ2v) is 4.21. The Morgan fingerprint density at radius 3 is 2.88 bits per heavy atom. The smallest absolute Gasteiger partial charge is 0.308 e. The van der Waals surface area contributed by atoms with E-state index in [0.717, 1.165) is 11.3 Å². The van der Waals surface area contributed by atoms with Crippen molar-refractivity contribution in [1.29, 1.82) is 0 Å². The van der Waals surface area contributed by atoms with Crippen LogP contribution in [0.5, 0.6) is 0 Å². The maximum Gasteiger partial charge on any atom is 0.308 e. The zero-order chi connectivity index (χ0) is 12.8. The molecule has 0 aliphatic carbocycles. The number of aliphatic hydroxyl groups excluding tert-OH is 1. The molecule has 1 unspecified atom stereocenters. The third-order valence-electron chi connectivity index (χ3n) is 2.35. The lowest BCUT2D eigenvalue weighted by Crippen LogP contribution is -2.23. The number of carbonyl (C=O) groups excluding carboxylic acids is 1. The van der Waals surface area contributed by atoms with Crippen molar-refractivity contribution in [2.75, 3.05) is 19.0 Å². The second kappa shape index (κ2) is 6.47. The van der Waals surface area contributed by atoms with Gasteiger partial charge in [-0.15, -0.1) is 0 Å². The fraction of sp³-hybridized carbons (Fsp3) is 0.417. The normalized spacial score (nSPS) is 12.0. The third kappa shape index (κ3) is 4.63. The largest absolute Gasteiger partial charge is 0.469 e. The van der Waals surface area contributed by atoms with Gasteiger partial charge in [0.2, 0.25) is 0 Å². The van der Waals surface area contributed by atoms with Crippen molar-refractivity contribution < 1.29 is 14.6 Å². The second-order valence-electron chi connectivity index (χ2n) is 3.77. The molecule has 0 aromatic heterocycles. The molecule has 0 bridgehead atoms. The molecule has 0 fully saturated rings. The highest BCUT2D eigenvalue weighted by atomic mass is 35.5. The van der Waals surface area contributed by atoms with Crippen LogP contribution in [0, 0.1) is 6.92 Å². The van der Waals surface area contributed by atoms with Gasteiger partial charge in [0.1, 0.15) is 0 Å². The predicted molar refractivity (Wildman–Crippen MR) is 67.3 cm³/mol. The van der Waals surface area contributed by atoms with Crippen LogP contribution in [0.25, 0.3) is 0 Å². The van der Waals surface area contributed by atoms with Crippen LogP contribution >= 0.6 is 11.6 Å². The lowest BCUT2D eigenvalue weighted by molar-refractivity contribution is -0.142. The number of hydrogen-bond donors (Lipinski definition) is 2. The molecule has 1 atom stereocenters. The first-order valence-electron chi connectivity index (χ1n) is 5.28. The number of halogens is 1. The van der Waals surface area contributed by atoms with Crippen LogP contribution in [-0.4, -0.2) is 30.8 Å². The topological polar surface area (TPSA) is 58.6 Å². The minimum absolute atomic E-state index is 0.0177. The summed E-state index contributed by atoms with van der Waals surface area (Å²) in [6, 6.07) is 5.43. The summed E-state index contributed by atoms with van der Waals surface area (Å²) >= 11 is 5.83. The van der Waals surface area contributed by atoms with Crippen LogP contribution in [0.3, 0.4) is 0 Å². The van der Waals surface area contributed by atoms with Gasteiger partial charge in [-0.3, -0.25) is 4.79 Å². The minimum atomic E-state index is -0.766. The van der Waals surface area contributed by atoms with Crippen molar-refractivity contribution in [2.24, 2.45) is 0 Å². The standard InChI is InChI=1S/C12H16ClNO3/c1-8-5-9(13)3-4-11(8)14-7-10(15)6-12(16)17-2/h3-5,10,14-15H,6-7H2,1-2H3. The van der Waals surface area contributed by atoms with E-state index < -0.39 is 12.1 Å². The summed E-state index contributed by atoms with van der Waals surface area (Å²) in [4.78, 5) is 10.9. The summed E-state index contributed by atoms with van der Waals surface area (Å²) in [5.74, 6) is -0.424. The van der Waals surface area contributed by atoms with Crippen molar-refractivity contribution in [1.82, 2.24) is 0 Å². The molecule has 0 saturated heterocycles. The maximum absolute atomic E-state index is 10.9. The first-order valence-corrected chi connectivity index (χ1v) is 5.65. The Balaban J connectivity index is 2.47. The Kier molecular flexibility index (Phi) is 5.25. The molecule has 0 amide bonds. The molecular weight excluding hydrogens is 242 g/mol. The molecule has 0 heterocycles. The molecule has 94 valence electrons. The fourth-order valence-corrected chi connectivity index (χ4v) is 1.63. The van der Waals surface area contributed by atoms with E-state index in [1.807, 2.05) is 19.1 Å². The number of rotatable bonds is 5. The van der Waals surface area contributed by atoms with Crippen LogP contribution < -0.4 is 5.32 Å². The van der Waals surface area contributed by atoms with E-state index in [-0.39, 0.29) is 13.0 Å². The first kappa shape index (κ1) is 13.8. The number of benzene rings is 1. The van der Waals surface area contributed by atoms with Gasteiger partial charge in [-0.05, 0) is 30.7 Å². The number of esters is 1. The number of ether oxygens (including phenoxy) is 1. The van der Waals surface area contributed by atoms with Gasteiger partial charge in [0.25, 0.3) is 0 Å². The summed E-state index contributed by atoms with van der Waals surface area (Å²) in [6.45, 7) is 2.21.